The van der Waals surface area contributed by atoms with Crippen molar-refractivity contribution in [1.82, 2.24) is 4.98 Å². The molecule has 0 aliphatic heterocycles. The second-order valence-electron chi connectivity index (χ2n) is 3.27. The molecule has 0 bridgehead atoms. The van der Waals surface area contributed by atoms with E-state index in [4.69, 9.17) is 4.42 Å². The number of hydrogen-bond acceptors (Lipinski definition) is 6. The van der Waals surface area contributed by atoms with E-state index in [-0.39, 0.29) is 11.5 Å². The van der Waals surface area contributed by atoms with Crippen LogP contribution in [0, 0.1) is 10.1 Å². The van der Waals surface area contributed by atoms with Crippen LogP contribution >= 0.6 is 31.9 Å². The second kappa shape index (κ2) is 5.93. The minimum Gasteiger partial charge on any atom is -0.447 e. The zero-order valence-corrected chi connectivity index (χ0v) is 12.4. The lowest BCUT2D eigenvalue weighted by atomic mass is 10.4. The summed E-state index contributed by atoms with van der Waals surface area (Å²) in [6.45, 7) is 0. The summed E-state index contributed by atoms with van der Waals surface area (Å²) >= 11 is 6.45. The monoisotopic (exact) mass is 388 g/mol. The van der Waals surface area contributed by atoms with Crippen LogP contribution in [0.4, 0.5) is 11.5 Å². The molecule has 0 aromatic carbocycles. The third-order valence-electron chi connectivity index (χ3n) is 2.01. The number of pyridine rings is 1. The van der Waals surface area contributed by atoms with Gasteiger partial charge in [-0.25, -0.2) is 4.98 Å². The first-order valence-corrected chi connectivity index (χ1v) is 6.50. The predicted molar refractivity (Wildman–Crippen MR) is 76.2 cm³/mol. The van der Waals surface area contributed by atoms with Gasteiger partial charge in [0.2, 0.25) is 5.82 Å². The third kappa shape index (κ3) is 3.38. The molecule has 1 N–H and O–H groups in total. The molecule has 0 fully saturated rings. The van der Waals surface area contributed by atoms with Gasteiger partial charge in [-0.2, -0.15) is 5.10 Å². The number of halogens is 2. The number of furan rings is 1. The Labute approximate surface area is 124 Å². The molecule has 19 heavy (non-hydrogen) atoms. The fraction of sp³-hybridized carbons (Fsp3) is 0. The van der Waals surface area contributed by atoms with Crippen molar-refractivity contribution >= 4 is 49.6 Å². The zero-order valence-electron chi connectivity index (χ0n) is 9.21. The first-order valence-electron chi connectivity index (χ1n) is 4.91. The topological polar surface area (TPSA) is 93.6 Å². The maximum atomic E-state index is 10.7. The highest BCUT2D eigenvalue weighted by molar-refractivity contribution is 9.13. The number of rotatable bonds is 4. The molecular formula is C10H6Br2N4O3. The van der Waals surface area contributed by atoms with Gasteiger partial charge in [-0.3, -0.25) is 15.5 Å². The molecule has 7 nitrogen and oxygen atoms in total. The van der Waals surface area contributed by atoms with Gasteiger partial charge >= 0.3 is 5.69 Å². The molecule has 2 aromatic rings. The SMILES string of the molecule is O=[N+]([O-])c1cccnc1N/N=C\c1cc(Br)c(Br)o1. The molecular weight excluding hydrogens is 384 g/mol. The maximum absolute atomic E-state index is 10.7. The van der Waals surface area contributed by atoms with Crippen LogP contribution in [0.15, 0.2) is 43.1 Å². The molecule has 2 rings (SSSR count). The first kappa shape index (κ1) is 13.7. The van der Waals surface area contributed by atoms with E-state index in [1.165, 1.54) is 24.5 Å². The van der Waals surface area contributed by atoms with Gasteiger partial charge in [-0.1, -0.05) is 0 Å². The largest absolute Gasteiger partial charge is 0.447 e. The van der Waals surface area contributed by atoms with Crippen LogP contribution in [-0.4, -0.2) is 16.1 Å². The molecule has 0 spiro atoms. The molecule has 9 heteroatoms. The summed E-state index contributed by atoms with van der Waals surface area (Å²) in [5.41, 5.74) is 2.35. The van der Waals surface area contributed by atoms with Crippen molar-refractivity contribution in [2.75, 3.05) is 5.43 Å². The Morgan fingerprint density at radius 1 is 1.53 bits per heavy atom. The second-order valence-corrected chi connectivity index (χ2v) is 4.84. The van der Waals surface area contributed by atoms with Crippen LogP contribution in [0.25, 0.3) is 0 Å². The van der Waals surface area contributed by atoms with Gasteiger partial charge in [0.1, 0.15) is 5.76 Å². The van der Waals surface area contributed by atoms with Gasteiger partial charge < -0.3 is 4.42 Å². The Kier molecular flexibility index (Phi) is 4.27. The summed E-state index contributed by atoms with van der Waals surface area (Å²) in [4.78, 5) is 14.0. The van der Waals surface area contributed by atoms with Crippen molar-refractivity contribution in [3.8, 4) is 0 Å². The highest BCUT2D eigenvalue weighted by atomic mass is 79.9. The molecule has 0 saturated carbocycles. The lowest BCUT2D eigenvalue weighted by Crippen LogP contribution is -1.98. The standard InChI is InChI=1S/C10H6Br2N4O3/c11-7-4-6(19-9(7)12)5-14-15-10-8(16(17)18)2-1-3-13-10/h1-5H,(H,13,15)/b14-5-. The summed E-state index contributed by atoms with van der Waals surface area (Å²) in [5.74, 6) is 0.540. The molecule has 0 unspecified atom stereocenters. The highest BCUT2D eigenvalue weighted by Gasteiger charge is 2.13. The molecule has 0 aliphatic rings. The van der Waals surface area contributed by atoms with Gasteiger partial charge in [0.05, 0.1) is 15.6 Å². The van der Waals surface area contributed by atoms with Crippen LogP contribution in [0.2, 0.25) is 0 Å². The number of hydrogen-bond donors (Lipinski definition) is 1. The molecule has 2 heterocycles. The molecule has 0 amide bonds. The minimum absolute atomic E-state index is 0.0634. The Morgan fingerprint density at radius 2 is 2.32 bits per heavy atom. The Morgan fingerprint density at radius 3 is 2.95 bits per heavy atom. The van der Waals surface area contributed by atoms with E-state index in [2.05, 4.69) is 47.4 Å². The summed E-state index contributed by atoms with van der Waals surface area (Å²) in [7, 11) is 0. The zero-order chi connectivity index (χ0) is 13.8. The van der Waals surface area contributed by atoms with E-state index < -0.39 is 4.92 Å². The van der Waals surface area contributed by atoms with Crippen LogP contribution in [-0.2, 0) is 0 Å². The van der Waals surface area contributed by atoms with Gasteiger partial charge in [0.15, 0.2) is 4.67 Å². The smallest absolute Gasteiger partial charge is 0.313 e. The number of aromatic nitrogens is 1. The quantitative estimate of drug-likeness (QED) is 0.490. The maximum Gasteiger partial charge on any atom is 0.313 e. The van der Waals surface area contributed by atoms with Crippen LogP contribution in [0.1, 0.15) is 5.76 Å². The van der Waals surface area contributed by atoms with Crippen LogP contribution < -0.4 is 5.43 Å². The van der Waals surface area contributed by atoms with Crippen LogP contribution in [0.3, 0.4) is 0 Å². The Bertz CT molecular complexity index is 622. The van der Waals surface area contributed by atoms with Gasteiger partial charge in [0.25, 0.3) is 0 Å². The van der Waals surface area contributed by atoms with Gasteiger partial charge in [0, 0.05) is 18.3 Å². The van der Waals surface area contributed by atoms with Crippen molar-refractivity contribution in [2.45, 2.75) is 0 Å². The summed E-state index contributed by atoms with van der Waals surface area (Å²) in [6, 6.07) is 4.51. The van der Waals surface area contributed by atoms with Crippen molar-refractivity contribution in [3.63, 3.8) is 0 Å². The molecule has 0 aliphatic carbocycles. The van der Waals surface area contributed by atoms with E-state index in [0.29, 0.717) is 10.4 Å². The third-order valence-corrected chi connectivity index (χ3v) is 3.72. The predicted octanol–water partition coefficient (Wildman–Crippen LogP) is 3.55. The van der Waals surface area contributed by atoms with E-state index >= 15 is 0 Å². The molecule has 98 valence electrons. The van der Waals surface area contributed by atoms with Gasteiger partial charge in [-0.15, -0.1) is 0 Å². The van der Waals surface area contributed by atoms with E-state index in [0.717, 1.165) is 4.47 Å². The normalized spacial score (nSPS) is 10.8. The Balaban J connectivity index is 2.12. The fourth-order valence-corrected chi connectivity index (χ4v) is 1.82. The summed E-state index contributed by atoms with van der Waals surface area (Å²) < 4.78 is 6.54. The summed E-state index contributed by atoms with van der Waals surface area (Å²) in [5, 5.41) is 14.6. The van der Waals surface area contributed by atoms with Crippen molar-refractivity contribution in [3.05, 3.63) is 49.4 Å². The van der Waals surface area contributed by atoms with Crippen LogP contribution in [0.5, 0.6) is 0 Å². The van der Waals surface area contributed by atoms with Crippen molar-refractivity contribution in [2.24, 2.45) is 5.10 Å². The van der Waals surface area contributed by atoms with E-state index in [1.54, 1.807) is 6.07 Å². The van der Waals surface area contributed by atoms with Crippen molar-refractivity contribution in [1.29, 1.82) is 0 Å². The van der Waals surface area contributed by atoms with Crippen molar-refractivity contribution < 1.29 is 9.34 Å². The highest BCUT2D eigenvalue weighted by Crippen LogP contribution is 2.26. The number of nitrogens with zero attached hydrogens (tertiary/aromatic N) is 3. The lowest BCUT2D eigenvalue weighted by molar-refractivity contribution is -0.384. The first-order chi connectivity index (χ1) is 9.08. The van der Waals surface area contributed by atoms with Gasteiger partial charge in [-0.05, 0) is 37.9 Å². The average molecular weight is 390 g/mol. The average Bonchev–Trinajstić information content (AvgIpc) is 2.69. The Hall–Kier alpha value is -1.74. The molecule has 0 saturated heterocycles. The van der Waals surface area contributed by atoms with E-state index in [1.807, 2.05) is 0 Å². The molecule has 0 radical (unpaired) electrons. The number of hydrazone groups is 1. The lowest BCUT2D eigenvalue weighted by Gasteiger charge is -1.98. The van der Waals surface area contributed by atoms with E-state index in [9.17, 15) is 10.1 Å². The number of anilines is 1. The molecule has 2 aromatic heterocycles. The molecule has 0 atom stereocenters. The fourth-order valence-electron chi connectivity index (χ4n) is 1.21. The summed E-state index contributed by atoms with van der Waals surface area (Å²) in [6.07, 6.45) is 2.82. The minimum atomic E-state index is -0.537. The number of nitro groups is 1. The number of nitrogens with one attached hydrogen (secondary N) is 1.